The van der Waals surface area contributed by atoms with Gasteiger partial charge in [-0.15, -0.1) is 0 Å². The third-order valence-electron chi connectivity index (χ3n) is 4.13. The zero-order chi connectivity index (χ0) is 15.2. The van der Waals surface area contributed by atoms with E-state index in [0.29, 0.717) is 0 Å². The first-order valence-electron chi connectivity index (χ1n) is 8.98. The van der Waals surface area contributed by atoms with Crippen LogP contribution in [0.25, 0.3) is 0 Å². The largest absolute Gasteiger partial charge is 0.352 e. The number of rotatable bonds is 13. The number of hydrogen-bond acceptors (Lipinski definition) is 1. The van der Waals surface area contributed by atoms with Gasteiger partial charge in [-0.25, -0.2) is 0 Å². The third-order valence-corrected chi connectivity index (χ3v) is 4.13. The molecule has 1 aliphatic carbocycles. The van der Waals surface area contributed by atoms with Crippen LogP contribution in [0.2, 0.25) is 0 Å². The van der Waals surface area contributed by atoms with E-state index in [-0.39, 0.29) is 5.91 Å². The molecule has 120 valence electrons. The molecule has 1 aliphatic rings. The van der Waals surface area contributed by atoms with E-state index in [4.69, 9.17) is 0 Å². The SMILES string of the molecule is CCCCCCCCCCCCCNC(=O)C1=CC=CC1. The van der Waals surface area contributed by atoms with Gasteiger partial charge in [0.05, 0.1) is 0 Å². The van der Waals surface area contributed by atoms with Gasteiger partial charge in [0.2, 0.25) is 5.91 Å². The smallest absolute Gasteiger partial charge is 0.247 e. The van der Waals surface area contributed by atoms with Crippen molar-refractivity contribution in [2.24, 2.45) is 0 Å². The molecule has 21 heavy (non-hydrogen) atoms. The fraction of sp³-hybridized carbons (Fsp3) is 0.737. The summed E-state index contributed by atoms with van der Waals surface area (Å²) in [7, 11) is 0. The number of hydrogen-bond donors (Lipinski definition) is 1. The summed E-state index contributed by atoms with van der Waals surface area (Å²) < 4.78 is 0. The average molecular weight is 291 g/mol. The van der Waals surface area contributed by atoms with Crippen LogP contribution in [0.5, 0.6) is 0 Å². The molecule has 0 saturated carbocycles. The van der Waals surface area contributed by atoms with E-state index >= 15 is 0 Å². The number of unbranched alkanes of at least 4 members (excludes halogenated alkanes) is 10. The van der Waals surface area contributed by atoms with Crippen molar-refractivity contribution < 1.29 is 4.79 Å². The van der Waals surface area contributed by atoms with Gasteiger partial charge in [0.25, 0.3) is 0 Å². The van der Waals surface area contributed by atoms with Crippen molar-refractivity contribution in [3.8, 4) is 0 Å². The lowest BCUT2D eigenvalue weighted by atomic mass is 10.1. The van der Waals surface area contributed by atoms with E-state index in [1.54, 1.807) is 0 Å². The van der Waals surface area contributed by atoms with Crippen molar-refractivity contribution in [2.75, 3.05) is 6.54 Å². The van der Waals surface area contributed by atoms with E-state index in [1.807, 2.05) is 18.2 Å². The summed E-state index contributed by atoms with van der Waals surface area (Å²) in [5.74, 6) is 0.118. The third kappa shape index (κ3) is 9.49. The van der Waals surface area contributed by atoms with E-state index in [0.717, 1.165) is 25.0 Å². The summed E-state index contributed by atoms with van der Waals surface area (Å²) in [5, 5.41) is 3.01. The van der Waals surface area contributed by atoms with Crippen molar-refractivity contribution in [3.05, 3.63) is 23.8 Å². The Morgan fingerprint density at radius 2 is 1.52 bits per heavy atom. The van der Waals surface area contributed by atoms with Gasteiger partial charge < -0.3 is 5.32 Å². The number of carbonyl (C=O) groups excluding carboxylic acids is 1. The molecular formula is C19H33NO. The monoisotopic (exact) mass is 291 g/mol. The summed E-state index contributed by atoms with van der Waals surface area (Å²) in [6.07, 6.45) is 21.5. The van der Waals surface area contributed by atoms with Crippen LogP contribution in [0, 0.1) is 0 Å². The molecule has 0 aromatic carbocycles. The topological polar surface area (TPSA) is 29.1 Å². The molecule has 1 N–H and O–H groups in total. The maximum absolute atomic E-state index is 11.7. The first-order valence-corrected chi connectivity index (χ1v) is 8.98. The van der Waals surface area contributed by atoms with Crippen LogP contribution >= 0.6 is 0 Å². The summed E-state index contributed by atoms with van der Waals surface area (Å²) in [6.45, 7) is 3.09. The lowest BCUT2D eigenvalue weighted by molar-refractivity contribution is -0.117. The maximum atomic E-state index is 11.7. The highest BCUT2D eigenvalue weighted by Gasteiger charge is 2.08. The molecule has 0 radical (unpaired) electrons. The van der Waals surface area contributed by atoms with Crippen LogP contribution in [-0.2, 0) is 4.79 Å². The highest BCUT2D eigenvalue weighted by atomic mass is 16.1. The molecule has 0 saturated heterocycles. The lowest BCUT2D eigenvalue weighted by Gasteiger charge is -2.06. The van der Waals surface area contributed by atoms with Crippen LogP contribution in [0.1, 0.15) is 84.0 Å². The molecule has 0 spiro atoms. The number of carbonyl (C=O) groups is 1. The van der Waals surface area contributed by atoms with Gasteiger partial charge in [-0.3, -0.25) is 4.79 Å². The van der Waals surface area contributed by atoms with Crippen molar-refractivity contribution in [1.82, 2.24) is 5.32 Å². The van der Waals surface area contributed by atoms with Crippen LogP contribution in [0.3, 0.4) is 0 Å². The minimum atomic E-state index is 0.118. The van der Waals surface area contributed by atoms with Gasteiger partial charge in [0.15, 0.2) is 0 Å². The second-order valence-electron chi connectivity index (χ2n) is 6.12. The Balaban J connectivity index is 1.77. The van der Waals surface area contributed by atoms with Gasteiger partial charge >= 0.3 is 0 Å². The van der Waals surface area contributed by atoms with E-state index in [9.17, 15) is 4.79 Å². The van der Waals surface area contributed by atoms with E-state index in [1.165, 1.54) is 64.2 Å². The summed E-state index contributed by atoms with van der Waals surface area (Å²) in [5.41, 5.74) is 0.901. The molecule has 0 heterocycles. The Labute approximate surface area is 131 Å². The normalized spacial score (nSPS) is 13.5. The van der Waals surface area contributed by atoms with Crippen molar-refractivity contribution in [1.29, 1.82) is 0 Å². The Hall–Kier alpha value is -1.05. The fourth-order valence-corrected chi connectivity index (χ4v) is 2.72. The molecule has 2 nitrogen and oxygen atoms in total. The molecule has 0 unspecified atom stereocenters. The molecule has 0 aromatic rings. The summed E-state index contributed by atoms with van der Waals surface area (Å²) in [6, 6.07) is 0. The maximum Gasteiger partial charge on any atom is 0.247 e. The average Bonchev–Trinajstić information content (AvgIpc) is 3.02. The predicted octanol–water partition coefficient (Wildman–Crippen LogP) is 5.30. The Kier molecular flexibility index (Phi) is 10.9. The van der Waals surface area contributed by atoms with Gasteiger partial charge in [-0.05, 0) is 12.8 Å². The molecule has 2 heteroatoms. The molecular weight excluding hydrogens is 258 g/mol. The van der Waals surface area contributed by atoms with Crippen molar-refractivity contribution >= 4 is 5.91 Å². The fourth-order valence-electron chi connectivity index (χ4n) is 2.72. The molecule has 1 amide bonds. The standard InChI is InChI=1S/C19H33NO/c1-2-3-4-5-6-7-8-9-10-11-14-17-20-19(21)18-15-12-13-16-18/h12-13,15H,2-11,14,16-17H2,1H3,(H,20,21). The van der Waals surface area contributed by atoms with Gasteiger partial charge in [-0.1, -0.05) is 89.4 Å². The molecule has 0 aromatic heterocycles. The Morgan fingerprint density at radius 3 is 2.05 bits per heavy atom. The molecule has 0 aliphatic heterocycles. The summed E-state index contributed by atoms with van der Waals surface area (Å²) in [4.78, 5) is 11.7. The number of nitrogens with one attached hydrogen (secondary N) is 1. The zero-order valence-electron chi connectivity index (χ0n) is 13.8. The quantitative estimate of drug-likeness (QED) is 0.458. The van der Waals surface area contributed by atoms with Crippen molar-refractivity contribution in [3.63, 3.8) is 0 Å². The molecule has 1 rings (SSSR count). The first-order chi connectivity index (χ1) is 10.3. The Bertz CT molecular complexity index is 330. The van der Waals surface area contributed by atoms with Crippen LogP contribution in [-0.4, -0.2) is 12.5 Å². The lowest BCUT2D eigenvalue weighted by Crippen LogP contribution is -2.25. The Morgan fingerprint density at radius 1 is 0.952 bits per heavy atom. The highest BCUT2D eigenvalue weighted by molar-refractivity contribution is 5.94. The van der Waals surface area contributed by atoms with E-state index in [2.05, 4.69) is 12.2 Å². The van der Waals surface area contributed by atoms with Gasteiger partial charge in [0, 0.05) is 12.1 Å². The summed E-state index contributed by atoms with van der Waals surface area (Å²) >= 11 is 0. The predicted molar refractivity (Wildman–Crippen MR) is 91.3 cm³/mol. The highest BCUT2D eigenvalue weighted by Crippen LogP contribution is 2.12. The second-order valence-corrected chi connectivity index (χ2v) is 6.12. The minimum absolute atomic E-state index is 0.118. The van der Waals surface area contributed by atoms with Gasteiger partial charge in [-0.2, -0.15) is 0 Å². The van der Waals surface area contributed by atoms with E-state index < -0.39 is 0 Å². The first kappa shape index (κ1) is 18.0. The molecule has 0 fully saturated rings. The van der Waals surface area contributed by atoms with Gasteiger partial charge in [0.1, 0.15) is 0 Å². The van der Waals surface area contributed by atoms with Crippen LogP contribution in [0.15, 0.2) is 23.8 Å². The van der Waals surface area contributed by atoms with Crippen molar-refractivity contribution in [2.45, 2.75) is 84.0 Å². The second kappa shape index (κ2) is 12.7. The zero-order valence-corrected chi connectivity index (χ0v) is 13.8. The molecule has 0 atom stereocenters. The van der Waals surface area contributed by atoms with Crippen LogP contribution < -0.4 is 5.32 Å². The number of allylic oxidation sites excluding steroid dienone is 3. The number of amides is 1. The molecule has 0 bridgehead atoms. The van der Waals surface area contributed by atoms with Crippen LogP contribution in [0.4, 0.5) is 0 Å². The minimum Gasteiger partial charge on any atom is -0.352 e.